The lowest BCUT2D eigenvalue weighted by Gasteiger charge is -2.36. The minimum absolute atomic E-state index is 0.349. The first-order valence-electron chi connectivity index (χ1n) is 6.20. The highest BCUT2D eigenvalue weighted by molar-refractivity contribution is 6.74. The summed E-state index contributed by atoms with van der Waals surface area (Å²) < 4.78 is 6.12. The van der Waals surface area contributed by atoms with Crippen LogP contribution < -0.4 is 5.32 Å². The summed E-state index contributed by atoms with van der Waals surface area (Å²) in [4.78, 5) is 0. The van der Waals surface area contributed by atoms with E-state index in [9.17, 15) is 0 Å². The summed E-state index contributed by atoms with van der Waals surface area (Å²) in [5.74, 6) is 0. The molecule has 1 fully saturated rings. The fourth-order valence-corrected chi connectivity index (χ4v) is 2.56. The fourth-order valence-electron chi connectivity index (χ4n) is 1.47. The number of hydrogen-bond acceptors (Lipinski definition) is 2. The van der Waals surface area contributed by atoms with Crippen LogP contribution in [0.5, 0.6) is 0 Å². The van der Waals surface area contributed by atoms with Crippen LogP contribution in [0.4, 0.5) is 0 Å². The monoisotopic (exact) mass is 229 g/mol. The first kappa shape index (κ1) is 13.2. The van der Waals surface area contributed by atoms with Crippen molar-refractivity contribution >= 4 is 8.32 Å². The fraction of sp³-hybridized carbons (Fsp3) is 1.00. The van der Waals surface area contributed by atoms with Gasteiger partial charge in [-0.3, -0.25) is 0 Å². The van der Waals surface area contributed by atoms with E-state index in [1.54, 1.807) is 0 Å². The van der Waals surface area contributed by atoms with Crippen molar-refractivity contribution < 1.29 is 4.43 Å². The van der Waals surface area contributed by atoms with Crippen molar-refractivity contribution in [1.29, 1.82) is 0 Å². The predicted octanol–water partition coefficient (Wildman–Crippen LogP) is 3.15. The lowest BCUT2D eigenvalue weighted by molar-refractivity contribution is 0.255. The van der Waals surface area contributed by atoms with Crippen molar-refractivity contribution in [2.45, 2.75) is 64.2 Å². The third-order valence-corrected chi connectivity index (χ3v) is 8.43. The largest absolute Gasteiger partial charge is 0.417 e. The molecule has 0 bridgehead atoms. The Morgan fingerprint density at radius 3 is 2.33 bits per heavy atom. The molecule has 15 heavy (non-hydrogen) atoms. The molecular formula is C12H27NOSi. The predicted molar refractivity (Wildman–Crippen MR) is 68.8 cm³/mol. The molecule has 0 aromatic carbocycles. The molecule has 0 amide bonds. The molecule has 0 radical (unpaired) electrons. The summed E-state index contributed by atoms with van der Waals surface area (Å²) >= 11 is 0. The molecular weight excluding hydrogens is 202 g/mol. The van der Waals surface area contributed by atoms with Crippen LogP contribution in [0, 0.1) is 0 Å². The third-order valence-electron chi connectivity index (χ3n) is 3.89. The lowest BCUT2D eigenvalue weighted by atomic mass is 10.0. The van der Waals surface area contributed by atoms with Crippen LogP contribution in [-0.4, -0.2) is 27.5 Å². The third kappa shape index (κ3) is 3.89. The molecule has 1 atom stereocenters. The quantitative estimate of drug-likeness (QED) is 0.577. The van der Waals surface area contributed by atoms with Gasteiger partial charge in [-0.2, -0.15) is 0 Å². The van der Waals surface area contributed by atoms with Crippen molar-refractivity contribution in [1.82, 2.24) is 5.32 Å². The molecule has 0 aliphatic carbocycles. The van der Waals surface area contributed by atoms with E-state index in [-0.39, 0.29) is 0 Å². The first-order valence-corrected chi connectivity index (χ1v) is 9.11. The minimum atomic E-state index is -1.49. The van der Waals surface area contributed by atoms with Crippen LogP contribution in [-0.2, 0) is 4.43 Å². The average Bonchev–Trinajstić information content (AvgIpc) is 1.98. The van der Waals surface area contributed by atoms with Crippen LogP contribution in [0.3, 0.4) is 0 Å². The van der Waals surface area contributed by atoms with Crippen molar-refractivity contribution in [2.24, 2.45) is 0 Å². The zero-order chi connectivity index (χ0) is 11.5. The van der Waals surface area contributed by atoms with Crippen LogP contribution in [0.1, 0.15) is 40.0 Å². The number of hydrogen-bond donors (Lipinski definition) is 1. The lowest BCUT2D eigenvalue weighted by Crippen LogP contribution is -2.43. The van der Waals surface area contributed by atoms with Gasteiger partial charge in [0.25, 0.3) is 0 Å². The Bertz CT molecular complexity index is 194. The van der Waals surface area contributed by atoms with Gasteiger partial charge in [-0.1, -0.05) is 20.8 Å². The minimum Gasteiger partial charge on any atom is -0.417 e. The molecule has 1 rings (SSSR count). The van der Waals surface area contributed by atoms with Gasteiger partial charge in [0.1, 0.15) is 0 Å². The Balaban J connectivity index is 2.12. The maximum absolute atomic E-state index is 6.12. The Hall–Kier alpha value is 0.137. The molecule has 1 heterocycles. The molecule has 1 saturated heterocycles. The van der Waals surface area contributed by atoms with Gasteiger partial charge in [0.15, 0.2) is 8.32 Å². The zero-order valence-corrected chi connectivity index (χ0v) is 12.0. The van der Waals surface area contributed by atoms with Crippen LogP contribution in [0.15, 0.2) is 0 Å². The molecule has 3 heteroatoms. The van der Waals surface area contributed by atoms with Gasteiger partial charge >= 0.3 is 0 Å². The molecule has 0 saturated carbocycles. The first-order chi connectivity index (χ1) is 6.83. The molecule has 0 aromatic rings. The van der Waals surface area contributed by atoms with Gasteiger partial charge in [0.2, 0.25) is 0 Å². The van der Waals surface area contributed by atoms with E-state index in [2.05, 4.69) is 39.2 Å². The van der Waals surface area contributed by atoms with Gasteiger partial charge in [-0.05, 0) is 43.9 Å². The number of nitrogens with one attached hydrogen (secondary N) is 1. The molecule has 1 N–H and O–H groups in total. The topological polar surface area (TPSA) is 21.3 Å². The van der Waals surface area contributed by atoms with Gasteiger partial charge in [0, 0.05) is 12.6 Å². The average molecular weight is 229 g/mol. The molecule has 90 valence electrons. The highest BCUT2D eigenvalue weighted by Crippen LogP contribution is 2.36. The maximum Gasteiger partial charge on any atom is 0.191 e. The van der Waals surface area contributed by atoms with Gasteiger partial charge < -0.3 is 9.74 Å². The highest BCUT2D eigenvalue weighted by Gasteiger charge is 2.36. The van der Waals surface area contributed by atoms with E-state index in [1.165, 1.54) is 25.8 Å². The molecule has 2 nitrogen and oxygen atoms in total. The van der Waals surface area contributed by atoms with Crippen LogP contribution >= 0.6 is 0 Å². The van der Waals surface area contributed by atoms with Crippen LogP contribution in [0.25, 0.3) is 0 Å². The summed E-state index contributed by atoms with van der Waals surface area (Å²) in [5.41, 5.74) is 0. The standard InChI is InChI=1S/C12H27NOSi/c1-12(2,3)15(4,5)14-10-6-7-11-8-9-13-11/h11,13H,6-10H2,1-5H3. The summed E-state index contributed by atoms with van der Waals surface area (Å²) in [6.07, 6.45) is 3.86. The van der Waals surface area contributed by atoms with Crippen LogP contribution in [0.2, 0.25) is 18.1 Å². The Kier molecular flexibility index (Phi) is 4.38. The van der Waals surface area contributed by atoms with Gasteiger partial charge in [0.05, 0.1) is 0 Å². The second-order valence-electron chi connectivity index (χ2n) is 6.19. The summed E-state index contributed by atoms with van der Waals surface area (Å²) in [5, 5.41) is 3.78. The van der Waals surface area contributed by atoms with Crippen molar-refractivity contribution in [3.05, 3.63) is 0 Å². The summed E-state index contributed by atoms with van der Waals surface area (Å²) in [6, 6.07) is 0.785. The highest BCUT2D eigenvalue weighted by atomic mass is 28.4. The van der Waals surface area contributed by atoms with Gasteiger partial charge in [-0.15, -0.1) is 0 Å². The molecule has 1 aliphatic heterocycles. The Labute approximate surface area is 95.9 Å². The smallest absolute Gasteiger partial charge is 0.191 e. The molecule has 1 unspecified atom stereocenters. The molecule has 1 aliphatic rings. The van der Waals surface area contributed by atoms with Gasteiger partial charge in [-0.25, -0.2) is 0 Å². The number of rotatable bonds is 5. The van der Waals surface area contributed by atoms with Crippen molar-refractivity contribution in [3.8, 4) is 0 Å². The van der Waals surface area contributed by atoms with Crippen molar-refractivity contribution in [2.75, 3.05) is 13.2 Å². The van der Waals surface area contributed by atoms with E-state index in [0.717, 1.165) is 12.6 Å². The van der Waals surface area contributed by atoms with E-state index >= 15 is 0 Å². The second kappa shape index (κ2) is 4.98. The maximum atomic E-state index is 6.12. The van der Waals surface area contributed by atoms with Crippen molar-refractivity contribution in [3.63, 3.8) is 0 Å². The van der Waals surface area contributed by atoms with E-state index < -0.39 is 8.32 Å². The normalized spacial score (nSPS) is 22.6. The van der Waals surface area contributed by atoms with E-state index in [4.69, 9.17) is 4.43 Å². The molecule has 0 spiro atoms. The van der Waals surface area contributed by atoms with E-state index in [0.29, 0.717) is 5.04 Å². The zero-order valence-electron chi connectivity index (χ0n) is 11.0. The Morgan fingerprint density at radius 1 is 1.33 bits per heavy atom. The summed E-state index contributed by atoms with van der Waals surface area (Å²) in [6.45, 7) is 13.7. The SMILES string of the molecule is CC(C)(C)[Si](C)(C)OCCCC1CCN1. The molecule has 0 aromatic heterocycles. The second-order valence-corrected chi connectivity index (χ2v) is 11.0. The Morgan fingerprint density at radius 2 is 1.93 bits per heavy atom. The van der Waals surface area contributed by atoms with E-state index in [1.807, 2.05) is 0 Å². The summed E-state index contributed by atoms with van der Waals surface area (Å²) in [7, 11) is -1.49.